The number of hydrogen-bond donors (Lipinski definition) is 0. The second-order valence-corrected chi connectivity index (χ2v) is 5.93. The molecule has 23 heavy (non-hydrogen) atoms. The van der Waals surface area contributed by atoms with E-state index >= 15 is 0 Å². The SMILES string of the molecule is CN=c1scc(-c2ccccc2)n1/N=C\c1c(F)cccc1Cl. The number of hydrogen-bond acceptors (Lipinski definition) is 3. The molecule has 0 fully saturated rings. The van der Waals surface area contributed by atoms with Gasteiger partial charge in [-0.1, -0.05) is 48.0 Å². The first-order chi connectivity index (χ1) is 11.2. The predicted octanol–water partition coefficient (Wildman–Crippen LogP) is 4.42. The second-order valence-electron chi connectivity index (χ2n) is 4.68. The van der Waals surface area contributed by atoms with E-state index in [4.69, 9.17) is 11.6 Å². The minimum atomic E-state index is -0.409. The molecule has 0 bridgehead atoms. The van der Waals surface area contributed by atoms with Gasteiger partial charge in [-0.2, -0.15) is 5.10 Å². The topological polar surface area (TPSA) is 29.6 Å². The van der Waals surface area contributed by atoms with E-state index in [0.717, 1.165) is 11.3 Å². The van der Waals surface area contributed by atoms with Crippen LogP contribution in [0.25, 0.3) is 11.3 Å². The molecule has 0 aliphatic carbocycles. The fraction of sp³-hybridized carbons (Fsp3) is 0.0588. The average molecular weight is 346 g/mol. The zero-order chi connectivity index (χ0) is 16.2. The Kier molecular flexibility index (Phi) is 4.69. The molecule has 0 aliphatic rings. The monoisotopic (exact) mass is 345 g/mol. The third-order valence-electron chi connectivity index (χ3n) is 3.25. The number of thiazole rings is 1. The smallest absolute Gasteiger partial charge is 0.205 e. The van der Waals surface area contributed by atoms with Gasteiger partial charge in [0.25, 0.3) is 0 Å². The summed E-state index contributed by atoms with van der Waals surface area (Å²) in [4.78, 5) is 4.93. The summed E-state index contributed by atoms with van der Waals surface area (Å²) in [7, 11) is 1.70. The molecule has 0 saturated carbocycles. The number of rotatable bonds is 3. The van der Waals surface area contributed by atoms with Crippen molar-refractivity contribution in [3.05, 3.63) is 75.1 Å². The van der Waals surface area contributed by atoms with Crippen LogP contribution in [0, 0.1) is 5.82 Å². The quantitative estimate of drug-likeness (QED) is 0.629. The Bertz CT molecular complexity index is 893. The molecule has 0 amide bonds. The molecule has 6 heteroatoms. The molecule has 2 aromatic carbocycles. The van der Waals surface area contributed by atoms with Gasteiger partial charge in [-0.25, -0.2) is 9.07 Å². The average Bonchev–Trinajstić information content (AvgIpc) is 2.98. The standard InChI is InChI=1S/C17H13ClFN3S/c1-20-17-22(16(11-23-17)12-6-3-2-4-7-12)21-10-13-14(18)8-5-9-15(13)19/h2-11H,1H3/b20-17?,21-10-. The van der Waals surface area contributed by atoms with E-state index in [1.807, 2.05) is 35.7 Å². The zero-order valence-electron chi connectivity index (χ0n) is 12.3. The van der Waals surface area contributed by atoms with E-state index < -0.39 is 5.82 Å². The lowest BCUT2D eigenvalue weighted by atomic mass is 10.2. The molecular formula is C17H13ClFN3S. The number of halogens is 2. The molecular weight excluding hydrogens is 333 g/mol. The van der Waals surface area contributed by atoms with Gasteiger partial charge in [-0.15, -0.1) is 11.3 Å². The van der Waals surface area contributed by atoms with Gasteiger partial charge in [0.2, 0.25) is 4.80 Å². The molecule has 3 aromatic rings. The first-order valence-electron chi connectivity index (χ1n) is 6.88. The van der Waals surface area contributed by atoms with Crippen molar-refractivity contribution in [2.24, 2.45) is 10.1 Å². The Morgan fingerprint density at radius 3 is 2.61 bits per heavy atom. The Hall–Kier alpha value is -2.24. The van der Waals surface area contributed by atoms with Crippen LogP contribution in [0.5, 0.6) is 0 Å². The Morgan fingerprint density at radius 1 is 1.13 bits per heavy atom. The molecule has 0 aliphatic heterocycles. The fourth-order valence-corrected chi connectivity index (χ4v) is 3.13. The van der Waals surface area contributed by atoms with Gasteiger partial charge in [0.15, 0.2) is 0 Å². The second kappa shape index (κ2) is 6.89. The van der Waals surface area contributed by atoms with E-state index in [2.05, 4.69) is 10.1 Å². The summed E-state index contributed by atoms with van der Waals surface area (Å²) in [6.07, 6.45) is 1.42. The van der Waals surface area contributed by atoms with Crippen molar-refractivity contribution in [3.8, 4) is 11.3 Å². The van der Waals surface area contributed by atoms with Crippen molar-refractivity contribution >= 4 is 29.2 Å². The molecule has 3 rings (SSSR count). The van der Waals surface area contributed by atoms with Crippen molar-refractivity contribution in [1.82, 2.24) is 4.68 Å². The van der Waals surface area contributed by atoms with Crippen LogP contribution >= 0.6 is 22.9 Å². The summed E-state index contributed by atoms with van der Waals surface area (Å²) in [5, 5.41) is 6.68. The maximum atomic E-state index is 13.9. The van der Waals surface area contributed by atoms with Gasteiger partial charge in [0.1, 0.15) is 5.82 Å². The van der Waals surface area contributed by atoms with Crippen molar-refractivity contribution in [2.75, 3.05) is 7.05 Å². The molecule has 0 N–H and O–H groups in total. The summed E-state index contributed by atoms with van der Waals surface area (Å²) in [6, 6.07) is 14.4. The van der Waals surface area contributed by atoms with Crippen molar-refractivity contribution in [3.63, 3.8) is 0 Å². The Balaban J connectivity index is 2.10. The highest BCUT2D eigenvalue weighted by atomic mass is 35.5. The summed E-state index contributed by atoms with van der Waals surface area (Å²) in [6.45, 7) is 0. The van der Waals surface area contributed by atoms with Crippen LogP contribution in [-0.2, 0) is 0 Å². The van der Waals surface area contributed by atoms with Crippen LogP contribution < -0.4 is 4.80 Å². The number of benzene rings is 2. The van der Waals surface area contributed by atoms with Crippen molar-refractivity contribution in [1.29, 1.82) is 0 Å². The van der Waals surface area contributed by atoms with Crippen LogP contribution in [0.15, 0.2) is 64.0 Å². The molecule has 0 atom stereocenters. The van der Waals surface area contributed by atoms with Crippen molar-refractivity contribution in [2.45, 2.75) is 0 Å². The minimum absolute atomic E-state index is 0.258. The Morgan fingerprint density at radius 2 is 1.91 bits per heavy atom. The maximum absolute atomic E-state index is 13.9. The van der Waals surface area contributed by atoms with E-state index in [1.54, 1.807) is 23.9 Å². The Labute approximate surface area is 142 Å². The minimum Gasteiger partial charge on any atom is -0.261 e. The third-order valence-corrected chi connectivity index (χ3v) is 4.49. The molecule has 116 valence electrons. The highest BCUT2D eigenvalue weighted by molar-refractivity contribution is 7.07. The van der Waals surface area contributed by atoms with Gasteiger partial charge in [0, 0.05) is 23.6 Å². The summed E-state index contributed by atoms with van der Waals surface area (Å²) in [5.41, 5.74) is 2.16. The van der Waals surface area contributed by atoms with E-state index in [0.29, 0.717) is 9.82 Å². The maximum Gasteiger partial charge on any atom is 0.205 e. The van der Waals surface area contributed by atoms with Crippen molar-refractivity contribution < 1.29 is 4.39 Å². The normalized spacial score (nSPS) is 12.2. The summed E-state index contributed by atoms with van der Waals surface area (Å²) < 4.78 is 15.6. The molecule has 1 heterocycles. The molecule has 0 spiro atoms. The van der Waals surface area contributed by atoms with Gasteiger partial charge in [-0.05, 0) is 12.1 Å². The molecule has 0 unspecified atom stereocenters. The predicted molar refractivity (Wildman–Crippen MR) is 93.6 cm³/mol. The molecule has 1 aromatic heterocycles. The first-order valence-corrected chi connectivity index (χ1v) is 8.13. The largest absolute Gasteiger partial charge is 0.261 e. The highest BCUT2D eigenvalue weighted by Gasteiger charge is 2.08. The van der Waals surface area contributed by atoms with Gasteiger partial charge < -0.3 is 0 Å². The van der Waals surface area contributed by atoms with E-state index in [1.165, 1.54) is 23.6 Å². The lowest BCUT2D eigenvalue weighted by Gasteiger charge is -2.04. The zero-order valence-corrected chi connectivity index (χ0v) is 13.9. The first kappa shape index (κ1) is 15.6. The van der Waals surface area contributed by atoms with Gasteiger partial charge >= 0.3 is 0 Å². The third kappa shape index (κ3) is 3.25. The van der Waals surface area contributed by atoms with Crippen LogP contribution in [0.1, 0.15) is 5.56 Å². The van der Waals surface area contributed by atoms with E-state index in [9.17, 15) is 4.39 Å². The van der Waals surface area contributed by atoms with Crippen LogP contribution in [0.3, 0.4) is 0 Å². The molecule has 0 radical (unpaired) electrons. The lowest BCUT2D eigenvalue weighted by Crippen LogP contribution is -2.11. The number of nitrogens with zero attached hydrogens (tertiary/aromatic N) is 3. The highest BCUT2D eigenvalue weighted by Crippen LogP contribution is 2.20. The summed E-state index contributed by atoms with van der Waals surface area (Å²) in [5.74, 6) is -0.409. The van der Waals surface area contributed by atoms with Crippen LogP contribution in [0.4, 0.5) is 4.39 Å². The van der Waals surface area contributed by atoms with E-state index in [-0.39, 0.29) is 5.56 Å². The van der Waals surface area contributed by atoms with Crippen LogP contribution in [0.2, 0.25) is 5.02 Å². The molecule has 3 nitrogen and oxygen atoms in total. The molecule has 0 saturated heterocycles. The van der Waals surface area contributed by atoms with Gasteiger partial charge in [-0.3, -0.25) is 4.99 Å². The lowest BCUT2D eigenvalue weighted by molar-refractivity contribution is 0.625. The van der Waals surface area contributed by atoms with Crippen LogP contribution in [-0.4, -0.2) is 17.9 Å². The fourth-order valence-electron chi connectivity index (χ4n) is 2.12. The van der Waals surface area contributed by atoms with Gasteiger partial charge in [0.05, 0.1) is 16.9 Å². The summed E-state index contributed by atoms with van der Waals surface area (Å²) >= 11 is 7.51. The number of aromatic nitrogens is 1.